The predicted octanol–water partition coefficient (Wildman–Crippen LogP) is 1.34. The van der Waals surface area contributed by atoms with E-state index < -0.39 is 23.4 Å². The summed E-state index contributed by atoms with van der Waals surface area (Å²) in [6, 6.07) is 6.58. The first-order chi connectivity index (χ1) is 18.1. The van der Waals surface area contributed by atoms with Crippen molar-refractivity contribution in [3.05, 3.63) is 62.6 Å². The average Bonchev–Trinajstić information content (AvgIpc) is 3.68. The average molecular weight is 519 g/mol. The number of hydrogen-bond acceptors (Lipinski definition) is 6. The molecule has 38 heavy (non-hydrogen) atoms. The zero-order valence-electron chi connectivity index (χ0n) is 21.6. The Balaban J connectivity index is 1.36. The van der Waals surface area contributed by atoms with Crippen molar-refractivity contribution in [1.29, 1.82) is 0 Å². The number of phenolic OH excluding ortho intramolecular Hbond substituents is 1. The number of phenols is 1. The maximum Gasteiger partial charge on any atom is 0.261 e. The van der Waals surface area contributed by atoms with E-state index in [4.69, 9.17) is 5.73 Å². The summed E-state index contributed by atoms with van der Waals surface area (Å²) in [7, 11) is 0. The fourth-order valence-corrected chi connectivity index (χ4v) is 7.28. The normalized spacial score (nSPS) is 26.4. The van der Waals surface area contributed by atoms with E-state index >= 15 is 0 Å². The van der Waals surface area contributed by atoms with E-state index in [1.165, 1.54) is 30.9 Å². The zero-order valence-corrected chi connectivity index (χ0v) is 21.6. The highest BCUT2D eigenvalue weighted by atomic mass is 16.3. The number of pyridine rings is 1. The van der Waals surface area contributed by atoms with Crippen molar-refractivity contribution in [2.24, 2.45) is 17.6 Å². The fourth-order valence-electron chi connectivity index (χ4n) is 7.28. The molecule has 0 unspecified atom stereocenters. The lowest BCUT2D eigenvalue weighted by Crippen LogP contribution is -2.63. The lowest BCUT2D eigenvalue weighted by atomic mass is 9.52. The Morgan fingerprint density at radius 2 is 2.00 bits per heavy atom. The van der Waals surface area contributed by atoms with E-state index in [2.05, 4.69) is 21.3 Å². The maximum atomic E-state index is 13.1. The number of hydrogen-bond donors (Lipinski definition) is 4. The summed E-state index contributed by atoms with van der Waals surface area (Å²) in [6.07, 6.45) is 5.59. The summed E-state index contributed by atoms with van der Waals surface area (Å²) in [5, 5.41) is 12.9. The molecule has 4 atom stereocenters. The van der Waals surface area contributed by atoms with Gasteiger partial charge in [-0.05, 0) is 98.7 Å². The molecule has 2 bridgehead atoms. The van der Waals surface area contributed by atoms with Gasteiger partial charge in [-0.15, -0.1) is 0 Å². The maximum absolute atomic E-state index is 13.1. The highest BCUT2D eigenvalue weighted by Gasteiger charge is 2.55. The number of primary amides is 1. The van der Waals surface area contributed by atoms with Crippen LogP contribution in [0.2, 0.25) is 0 Å². The van der Waals surface area contributed by atoms with Gasteiger partial charge in [0.15, 0.2) is 0 Å². The first-order valence-corrected chi connectivity index (χ1v) is 13.6. The number of aromatic amines is 1. The minimum absolute atomic E-state index is 0.0802. The van der Waals surface area contributed by atoms with Crippen LogP contribution in [0.25, 0.3) is 0 Å². The van der Waals surface area contributed by atoms with Gasteiger partial charge in [-0.2, -0.15) is 0 Å². The Bertz CT molecular complexity index is 1400. The Morgan fingerprint density at radius 3 is 2.71 bits per heavy atom. The third-order valence-electron chi connectivity index (χ3n) is 9.27. The number of Topliss-reactive ketones (excluding diaryl/α,β-unsaturated/α-hetero) is 1. The van der Waals surface area contributed by atoms with Crippen LogP contribution in [-0.2, 0) is 34.3 Å². The molecule has 0 spiro atoms. The molecule has 0 radical (unpaired) electrons. The van der Waals surface area contributed by atoms with E-state index in [0.717, 1.165) is 43.1 Å². The van der Waals surface area contributed by atoms with Crippen LogP contribution in [0.4, 0.5) is 0 Å². The number of amides is 2. The molecule has 200 valence electrons. The summed E-state index contributed by atoms with van der Waals surface area (Å²) >= 11 is 0. The largest absolute Gasteiger partial charge is 0.508 e. The van der Waals surface area contributed by atoms with E-state index in [0.29, 0.717) is 18.9 Å². The Hall–Kier alpha value is -3.46. The van der Waals surface area contributed by atoms with Gasteiger partial charge in [-0.3, -0.25) is 24.1 Å². The number of nitrogens with zero attached hydrogens (tertiary/aromatic N) is 1. The SMILES string of the molecule is CC(=O)C[C@H](NC(=O)c1cc2c([nH]c1=O)C[C@]13CCN(CC4CC4)[C@H](Cc4ccc(O)cc41)[C@@H]3C2)C(N)=O. The predicted molar refractivity (Wildman–Crippen MR) is 140 cm³/mol. The number of aromatic nitrogens is 1. The molecule has 2 amide bonds. The van der Waals surface area contributed by atoms with E-state index in [-0.39, 0.29) is 34.8 Å². The van der Waals surface area contributed by atoms with Crippen LogP contribution >= 0.6 is 0 Å². The van der Waals surface area contributed by atoms with Crippen molar-refractivity contribution in [2.45, 2.75) is 69.4 Å². The number of carbonyl (C=O) groups excluding carboxylic acids is 3. The molecule has 3 aliphatic carbocycles. The number of rotatable bonds is 7. The number of aromatic hydroxyl groups is 1. The second-order valence-corrected chi connectivity index (χ2v) is 11.8. The van der Waals surface area contributed by atoms with Crippen LogP contribution in [0.5, 0.6) is 5.75 Å². The number of nitrogens with two attached hydrogens (primary N) is 1. The quantitative estimate of drug-likeness (QED) is 0.435. The Morgan fingerprint density at radius 1 is 1.21 bits per heavy atom. The summed E-state index contributed by atoms with van der Waals surface area (Å²) in [5.74, 6) is -0.498. The first kappa shape index (κ1) is 24.9. The number of carbonyl (C=O) groups is 3. The molecular formula is C29H34N4O5. The van der Waals surface area contributed by atoms with Crippen LogP contribution < -0.4 is 16.6 Å². The summed E-state index contributed by atoms with van der Waals surface area (Å²) in [6.45, 7) is 3.42. The van der Waals surface area contributed by atoms with Gasteiger partial charge < -0.3 is 21.1 Å². The smallest absolute Gasteiger partial charge is 0.261 e. The van der Waals surface area contributed by atoms with Crippen LogP contribution in [0.3, 0.4) is 0 Å². The molecule has 1 saturated heterocycles. The molecule has 1 aliphatic heterocycles. The minimum atomic E-state index is -1.17. The van der Waals surface area contributed by atoms with Crippen molar-refractivity contribution in [2.75, 3.05) is 13.1 Å². The Labute approximate surface area is 220 Å². The molecule has 1 saturated carbocycles. The molecule has 9 heteroatoms. The zero-order chi connectivity index (χ0) is 26.8. The number of likely N-dealkylation sites (tertiary alicyclic amines) is 1. The summed E-state index contributed by atoms with van der Waals surface area (Å²) in [5.41, 5.74) is 8.79. The number of benzene rings is 1. The monoisotopic (exact) mass is 518 g/mol. The van der Waals surface area contributed by atoms with Crippen LogP contribution in [-0.4, -0.2) is 57.8 Å². The lowest BCUT2D eigenvalue weighted by Gasteiger charge is -2.59. The van der Waals surface area contributed by atoms with Gasteiger partial charge in [0.2, 0.25) is 5.91 Å². The molecule has 2 heterocycles. The number of ketones is 1. The number of fused-ring (bicyclic) bond motifs is 2. The van der Waals surface area contributed by atoms with E-state index in [9.17, 15) is 24.3 Å². The second-order valence-electron chi connectivity index (χ2n) is 11.8. The molecule has 4 aliphatic rings. The van der Waals surface area contributed by atoms with Crippen LogP contribution in [0, 0.1) is 11.8 Å². The van der Waals surface area contributed by atoms with Gasteiger partial charge in [-0.25, -0.2) is 0 Å². The number of piperidine rings is 1. The van der Waals surface area contributed by atoms with Crippen molar-refractivity contribution in [3.63, 3.8) is 0 Å². The first-order valence-electron chi connectivity index (χ1n) is 13.6. The van der Waals surface area contributed by atoms with E-state index in [1.54, 1.807) is 12.1 Å². The molecule has 9 nitrogen and oxygen atoms in total. The van der Waals surface area contributed by atoms with Gasteiger partial charge >= 0.3 is 0 Å². The van der Waals surface area contributed by atoms with Crippen molar-refractivity contribution < 1.29 is 19.5 Å². The second kappa shape index (κ2) is 9.08. The summed E-state index contributed by atoms with van der Waals surface area (Å²) < 4.78 is 0. The summed E-state index contributed by atoms with van der Waals surface area (Å²) in [4.78, 5) is 55.0. The van der Waals surface area contributed by atoms with Crippen molar-refractivity contribution in [3.8, 4) is 5.75 Å². The Kier molecular flexibility index (Phi) is 5.94. The highest BCUT2D eigenvalue weighted by Crippen LogP contribution is 2.55. The van der Waals surface area contributed by atoms with Gasteiger partial charge in [0, 0.05) is 30.1 Å². The van der Waals surface area contributed by atoms with Gasteiger partial charge in [0.25, 0.3) is 11.5 Å². The molecule has 1 aromatic heterocycles. The van der Waals surface area contributed by atoms with Crippen LogP contribution in [0.1, 0.15) is 65.3 Å². The standard InChI is InChI=1S/C29H34N4O5/c1-15(34)8-23(26(30)36)31-27(37)20-9-18-10-22-25-11-17-4-5-19(35)12-21(17)29(22,13-24(18)32-28(20)38)6-7-33(25)14-16-2-3-16/h4-5,9,12,16,22-23,25,35H,2-3,6-8,10-11,13-14H2,1H3,(H2,30,36)(H,31,37)(H,32,38)/t22-,23-,25+,29+/m0/s1. The highest BCUT2D eigenvalue weighted by molar-refractivity contribution is 5.98. The van der Waals surface area contributed by atoms with Gasteiger partial charge in [-0.1, -0.05) is 6.07 Å². The van der Waals surface area contributed by atoms with Crippen molar-refractivity contribution in [1.82, 2.24) is 15.2 Å². The fraction of sp³-hybridized carbons (Fsp3) is 0.517. The molecule has 1 aromatic carbocycles. The van der Waals surface area contributed by atoms with Gasteiger partial charge in [0.1, 0.15) is 23.1 Å². The lowest BCUT2D eigenvalue weighted by molar-refractivity contribution is -0.124. The molecule has 2 fully saturated rings. The van der Waals surface area contributed by atoms with Crippen LogP contribution in [0.15, 0.2) is 29.1 Å². The number of nitrogens with one attached hydrogen (secondary N) is 2. The van der Waals surface area contributed by atoms with E-state index in [1.807, 2.05) is 6.07 Å². The molecule has 5 N–H and O–H groups in total. The molecular weight excluding hydrogens is 484 g/mol. The minimum Gasteiger partial charge on any atom is -0.508 e. The van der Waals surface area contributed by atoms with Crippen molar-refractivity contribution >= 4 is 17.6 Å². The topological polar surface area (TPSA) is 146 Å². The molecule has 6 rings (SSSR count). The molecule has 2 aromatic rings. The number of H-pyrrole nitrogens is 1. The third kappa shape index (κ3) is 4.22. The van der Waals surface area contributed by atoms with Gasteiger partial charge in [0.05, 0.1) is 0 Å². The third-order valence-corrected chi connectivity index (χ3v) is 9.27.